The third-order valence-electron chi connectivity index (χ3n) is 4.35. The van der Waals surface area contributed by atoms with Crippen LogP contribution in [0, 0.1) is 6.92 Å². The van der Waals surface area contributed by atoms with Gasteiger partial charge in [0.15, 0.2) is 0 Å². The number of hydrogen-bond acceptors (Lipinski definition) is 2. The molecule has 3 rings (SSSR count). The van der Waals surface area contributed by atoms with Crippen molar-refractivity contribution in [3.05, 3.63) is 64.2 Å². The molecule has 0 saturated carbocycles. The van der Waals surface area contributed by atoms with Crippen LogP contribution < -0.4 is 0 Å². The van der Waals surface area contributed by atoms with Crippen LogP contribution in [0.4, 0.5) is 0 Å². The van der Waals surface area contributed by atoms with Crippen molar-refractivity contribution in [1.82, 2.24) is 4.90 Å². The molecule has 0 aliphatic carbocycles. The molecule has 0 atom stereocenters. The number of carbonyl (C=O) groups excluding carboxylic acids is 1. The Kier molecular flexibility index (Phi) is 3.65. The van der Waals surface area contributed by atoms with Gasteiger partial charge in [0.05, 0.1) is 0 Å². The Morgan fingerprint density at radius 2 is 1.73 bits per heavy atom. The van der Waals surface area contributed by atoms with Crippen molar-refractivity contribution in [2.75, 3.05) is 0 Å². The van der Waals surface area contributed by atoms with E-state index in [2.05, 4.69) is 12.1 Å². The van der Waals surface area contributed by atoms with Crippen LogP contribution in [0.25, 0.3) is 0 Å². The fourth-order valence-electron chi connectivity index (χ4n) is 3.05. The topological polar surface area (TPSA) is 40.5 Å². The van der Waals surface area contributed by atoms with Gasteiger partial charge in [-0.3, -0.25) is 4.79 Å². The maximum absolute atomic E-state index is 12.9. The van der Waals surface area contributed by atoms with Crippen LogP contribution in [0.2, 0.25) is 0 Å². The molecule has 1 aliphatic heterocycles. The molecule has 2 aromatic carbocycles. The third-order valence-corrected chi connectivity index (χ3v) is 4.35. The van der Waals surface area contributed by atoms with Gasteiger partial charge in [-0.1, -0.05) is 38.1 Å². The van der Waals surface area contributed by atoms with E-state index >= 15 is 0 Å². The van der Waals surface area contributed by atoms with Gasteiger partial charge in [0, 0.05) is 18.7 Å². The smallest absolute Gasteiger partial charge is 0.254 e. The summed E-state index contributed by atoms with van der Waals surface area (Å²) < 4.78 is 0. The van der Waals surface area contributed by atoms with Crippen molar-refractivity contribution in [2.24, 2.45) is 0 Å². The summed E-state index contributed by atoms with van der Waals surface area (Å²) in [4.78, 5) is 14.7. The molecule has 0 radical (unpaired) electrons. The van der Waals surface area contributed by atoms with Crippen molar-refractivity contribution in [2.45, 2.75) is 39.8 Å². The van der Waals surface area contributed by atoms with Crippen LogP contribution in [0.5, 0.6) is 5.75 Å². The Hall–Kier alpha value is -2.29. The van der Waals surface area contributed by atoms with Crippen LogP contribution in [0.15, 0.2) is 36.4 Å². The Morgan fingerprint density at radius 3 is 2.27 bits per heavy atom. The summed E-state index contributed by atoms with van der Waals surface area (Å²) in [5, 5.41) is 10.1. The zero-order chi connectivity index (χ0) is 15.9. The second-order valence-corrected chi connectivity index (χ2v) is 6.31. The number of hydrogen-bond donors (Lipinski definition) is 1. The molecule has 1 heterocycles. The van der Waals surface area contributed by atoms with Crippen molar-refractivity contribution in [3.8, 4) is 5.75 Å². The normalized spacial score (nSPS) is 13.5. The highest BCUT2D eigenvalue weighted by Crippen LogP contribution is 2.31. The van der Waals surface area contributed by atoms with E-state index in [0.29, 0.717) is 18.7 Å². The maximum Gasteiger partial charge on any atom is 0.254 e. The van der Waals surface area contributed by atoms with E-state index < -0.39 is 0 Å². The molecule has 22 heavy (non-hydrogen) atoms. The van der Waals surface area contributed by atoms with Crippen molar-refractivity contribution in [1.29, 1.82) is 0 Å². The van der Waals surface area contributed by atoms with E-state index in [-0.39, 0.29) is 17.6 Å². The first-order valence-corrected chi connectivity index (χ1v) is 7.67. The van der Waals surface area contributed by atoms with Gasteiger partial charge in [-0.05, 0) is 47.2 Å². The number of fused-ring (bicyclic) bond motifs is 1. The number of benzene rings is 2. The minimum absolute atomic E-state index is 0.0376. The number of amides is 1. The predicted octanol–water partition coefficient (Wildman–Crippen LogP) is 3.98. The van der Waals surface area contributed by atoms with E-state index in [0.717, 1.165) is 11.1 Å². The highest BCUT2D eigenvalue weighted by Gasteiger charge is 2.25. The minimum Gasteiger partial charge on any atom is -0.508 e. The Morgan fingerprint density at radius 1 is 1.14 bits per heavy atom. The standard InChI is InChI=1S/C19H21NO2/c1-12(2)16-9-17(13(3)8-18(16)21)19(22)20-10-14-6-4-5-7-15(14)11-20/h4-9,12,21H,10-11H2,1-3H3. The van der Waals surface area contributed by atoms with Crippen LogP contribution in [-0.4, -0.2) is 15.9 Å². The lowest BCUT2D eigenvalue weighted by atomic mass is 9.96. The molecule has 3 heteroatoms. The molecule has 2 aromatic rings. The summed E-state index contributed by atoms with van der Waals surface area (Å²) in [6, 6.07) is 11.7. The van der Waals surface area contributed by atoms with Crippen LogP contribution in [-0.2, 0) is 13.1 Å². The van der Waals surface area contributed by atoms with Crippen molar-refractivity contribution < 1.29 is 9.90 Å². The second-order valence-electron chi connectivity index (χ2n) is 6.31. The van der Waals surface area contributed by atoms with Gasteiger partial charge in [-0.15, -0.1) is 0 Å². The van der Waals surface area contributed by atoms with Gasteiger partial charge in [0.25, 0.3) is 5.91 Å². The summed E-state index contributed by atoms with van der Waals surface area (Å²) in [6.45, 7) is 7.23. The van der Waals surface area contributed by atoms with Gasteiger partial charge in [-0.2, -0.15) is 0 Å². The monoisotopic (exact) mass is 295 g/mol. The summed E-state index contributed by atoms with van der Waals surface area (Å²) in [5.41, 5.74) is 4.77. The maximum atomic E-state index is 12.9. The van der Waals surface area contributed by atoms with Gasteiger partial charge in [0.1, 0.15) is 5.75 Å². The molecule has 0 fully saturated rings. The molecule has 0 unspecified atom stereocenters. The van der Waals surface area contributed by atoms with E-state index in [1.54, 1.807) is 6.07 Å². The zero-order valence-electron chi connectivity index (χ0n) is 13.3. The number of rotatable bonds is 2. The van der Waals surface area contributed by atoms with Gasteiger partial charge >= 0.3 is 0 Å². The number of aromatic hydroxyl groups is 1. The highest BCUT2D eigenvalue weighted by molar-refractivity contribution is 5.96. The van der Waals surface area contributed by atoms with Crippen molar-refractivity contribution in [3.63, 3.8) is 0 Å². The average molecular weight is 295 g/mol. The van der Waals surface area contributed by atoms with Crippen LogP contribution >= 0.6 is 0 Å². The van der Waals surface area contributed by atoms with Gasteiger partial charge < -0.3 is 10.0 Å². The summed E-state index contributed by atoms with van der Waals surface area (Å²) in [7, 11) is 0. The van der Waals surface area contributed by atoms with Crippen LogP contribution in [0.1, 0.15) is 52.4 Å². The summed E-state index contributed by atoms with van der Waals surface area (Å²) in [6.07, 6.45) is 0. The predicted molar refractivity (Wildman–Crippen MR) is 87.0 cm³/mol. The van der Waals surface area contributed by atoms with Gasteiger partial charge in [0.2, 0.25) is 0 Å². The van der Waals surface area contributed by atoms with Crippen LogP contribution in [0.3, 0.4) is 0 Å². The molecule has 1 N–H and O–H groups in total. The lowest BCUT2D eigenvalue weighted by molar-refractivity contribution is 0.0750. The second kappa shape index (κ2) is 5.48. The summed E-state index contributed by atoms with van der Waals surface area (Å²) in [5.74, 6) is 0.493. The average Bonchev–Trinajstić information content (AvgIpc) is 2.90. The lowest BCUT2D eigenvalue weighted by Crippen LogP contribution is -2.26. The zero-order valence-corrected chi connectivity index (χ0v) is 13.3. The minimum atomic E-state index is 0.0376. The number of phenolic OH excluding ortho intramolecular Hbond substituents is 1. The molecule has 0 bridgehead atoms. The summed E-state index contributed by atoms with van der Waals surface area (Å²) >= 11 is 0. The first-order valence-electron chi connectivity index (χ1n) is 7.67. The van der Waals surface area contributed by atoms with E-state index in [1.807, 2.05) is 43.9 Å². The number of phenols is 1. The molecule has 3 nitrogen and oxygen atoms in total. The highest BCUT2D eigenvalue weighted by atomic mass is 16.3. The third kappa shape index (κ3) is 2.47. The molecule has 0 aromatic heterocycles. The Bertz CT molecular complexity index is 709. The van der Waals surface area contributed by atoms with E-state index in [1.165, 1.54) is 11.1 Å². The van der Waals surface area contributed by atoms with Crippen molar-refractivity contribution >= 4 is 5.91 Å². The van der Waals surface area contributed by atoms with E-state index in [9.17, 15) is 9.90 Å². The largest absolute Gasteiger partial charge is 0.508 e. The fraction of sp³-hybridized carbons (Fsp3) is 0.316. The number of nitrogens with zero attached hydrogens (tertiary/aromatic N) is 1. The fourth-order valence-corrected chi connectivity index (χ4v) is 3.05. The molecule has 0 saturated heterocycles. The SMILES string of the molecule is Cc1cc(O)c(C(C)C)cc1C(=O)N1Cc2ccccc2C1. The van der Waals surface area contributed by atoms with E-state index in [4.69, 9.17) is 0 Å². The molecule has 1 aliphatic rings. The molecular weight excluding hydrogens is 274 g/mol. The molecular formula is C19H21NO2. The molecule has 0 spiro atoms. The number of aryl methyl sites for hydroxylation is 1. The van der Waals surface area contributed by atoms with Gasteiger partial charge in [-0.25, -0.2) is 0 Å². The number of carbonyl (C=O) groups is 1. The molecule has 114 valence electrons. The molecule has 1 amide bonds. The quantitative estimate of drug-likeness (QED) is 0.910. The Balaban J connectivity index is 1.92. The lowest BCUT2D eigenvalue weighted by Gasteiger charge is -2.19. The first kappa shape index (κ1) is 14.6. The first-order chi connectivity index (χ1) is 10.5. The Labute approximate surface area is 131 Å².